The van der Waals surface area contributed by atoms with Crippen LogP contribution in [0.1, 0.15) is 59.8 Å². The maximum absolute atomic E-state index is 6.06. The molecular formula is C20H35BN4O2S. The summed E-state index contributed by atoms with van der Waals surface area (Å²) in [4.78, 5) is 11.6. The standard InChI is InChI=1S/C20H35BN4O2S/c1-19(2)20(3,4)27-21(26-19)16-14-23-18(24-15-16)28-13-7-9-17-8-5-6-11-25(17)12-10-22/h14-15,17H,5-13,22H2,1-4H3/t17-/m1/s1. The topological polar surface area (TPSA) is 73.5 Å². The minimum atomic E-state index is -0.399. The highest BCUT2D eigenvalue weighted by Gasteiger charge is 2.51. The second kappa shape index (κ2) is 9.43. The number of thioether (sulfide) groups is 1. The molecule has 1 aromatic heterocycles. The molecule has 2 aliphatic rings. The summed E-state index contributed by atoms with van der Waals surface area (Å²) >= 11 is 1.73. The summed E-state index contributed by atoms with van der Waals surface area (Å²) in [6.45, 7) is 11.2. The highest BCUT2D eigenvalue weighted by atomic mass is 32.2. The predicted octanol–water partition coefficient (Wildman–Crippen LogP) is 2.46. The van der Waals surface area contributed by atoms with Crippen molar-refractivity contribution >= 4 is 24.3 Å². The molecule has 156 valence electrons. The van der Waals surface area contributed by atoms with Gasteiger partial charge in [0.1, 0.15) is 0 Å². The zero-order valence-electron chi connectivity index (χ0n) is 17.8. The molecule has 0 bridgehead atoms. The highest BCUT2D eigenvalue weighted by Crippen LogP contribution is 2.36. The van der Waals surface area contributed by atoms with Gasteiger partial charge in [-0.15, -0.1) is 0 Å². The molecule has 0 aromatic carbocycles. The molecule has 3 heterocycles. The van der Waals surface area contributed by atoms with Crippen molar-refractivity contribution in [2.24, 2.45) is 5.73 Å². The molecule has 1 atom stereocenters. The van der Waals surface area contributed by atoms with Crippen LogP contribution in [0, 0.1) is 0 Å². The third kappa shape index (κ3) is 5.27. The molecule has 3 rings (SSSR count). The average molecular weight is 406 g/mol. The van der Waals surface area contributed by atoms with E-state index in [-0.39, 0.29) is 11.2 Å². The van der Waals surface area contributed by atoms with E-state index in [2.05, 4.69) is 42.6 Å². The van der Waals surface area contributed by atoms with Crippen LogP contribution >= 0.6 is 11.8 Å². The van der Waals surface area contributed by atoms with Crippen molar-refractivity contribution in [2.75, 3.05) is 25.4 Å². The van der Waals surface area contributed by atoms with Crippen LogP contribution in [-0.2, 0) is 9.31 Å². The fourth-order valence-corrected chi connectivity index (χ4v) is 4.58. The Morgan fingerprint density at radius 2 is 1.86 bits per heavy atom. The molecule has 1 aromatic rings. The molecule has 0 radical (unpaired) electrons. The SMILES string of the molecule is CC1(C)OB(c2cnc(SCCC[C@H]3CCCCN3CCN)nc2)OC1(C)C. The van der Waals surface area contributed by atoms with Gasteiger partial charge in [-0.25, -0.2) is 9.97 Å². The molecule has 0 amide bonds. The van der Waals surface area contributed by atoms with Crippen molar-refractivity contribution in [3.8, 4) is 0 Å². The van der Waals surface area contributed by atoms with Crippen molar-refractivity contribution in [1.29, 1.82) is 0 Å². The van der Waals surface area contributed by atoms with E-state index >= 15 is 0 Å². The minimum absolute atomic E-state index is 0.345. The number of piperidine rings is 1. The molecule has 0 saturated carbocycles. The number of rotatable bonds is 8. The zero-order valence-corrected chi connectivity index (χ0v) is 18.6. The van der Waals surface area contributed by atoms with Crippen LogP contribution in [0.15, 0.2) is 17.6 Å². The third-order valence-electron chi connectivity index (χ3n) is 6.25. The van der Waals surface area contributed by atoms with Gasteiger partial charge in [0.05, 0.1) is 11.2 Å². The smallest absolute Gasteiger partial charge is 0.399 e. The maximum atomic E-state index is 6.06. The first-order valence-electron chi connectivity index (χ1n) is 10.6. The van der Waals surface area contributed by atoms with Crippen LogP contribution in [0.3, 0.4) is 0 Å². The van der Waals surface area contributed by atoms with E-state index in [0.717, 1.165) is 29.5 Å². The maximum Gasteiger partial charge on any atom is 0.498 e. The molecule has 2 N–H and O–H groups in total. The lowest BCUT2D eigenvalue weighted by molar-refractivity contribution is 0.00578. The van der Waals surface area contributed by atoms with E-state index in [9.17, 15) is 0 Å². The van der Waals surface area contributed by atoms with Gasteiger partial charge >= 0.3 is 7.12 Å². The Morgan fingerprint density at radius 3 is 2.50 bits per heavy atom. The predicted molar refractivity (Wildman–Crippen MR) is 116 cm³/mol. The summed E-state index contributed by atoms with van der Waals surface area (Å²) in [6.07, 6.45) is 10.1. The first-order chi connectivity index (χ1) is 13.3. The van der Waals surface area contributed by atoms with Crippen LogP contribution in [0.25, 0.3) is 0 Å². The van der Waals surface area contributed by atoms with Crippen molar-refractivity contribution in [3.63, 3.8) is 0 Å². The number of hydrogen-bond donors (Lipinski definition) is 1. The average Bonchev–Trinajstić information content (AvgIpc) is 2.88. The van der Waals surface area contributed by atoms with E-state index < -0.39 is 7.12 Å². The molecule has 2 fully saturated rings. The molecule has 0 unspecified atom stereocenters. The third-order valence-corrected chi connectivity index (χ3v) is 7.21. The van der Waals surface area contributed by atoms with Crippen molar-refractivity contribution in [3.05, 3.63) is 12.4 Å². The van der Waals surface area contributed by atoms with Gasteiger partial charge in [-0.05, 0) is 59.9 Å². The van der Waals surface area contributed by atoms with Gasteiger partial charge in [0.15, 0.2) is 5.16 Å². The van der Waals surface area contributed by atoms with Gasteiger partial charge in [0, 0.05) is 42.7 Å². The van der Waals surface area contributed by atoms with E-state index in [0.29, 0.717) is 6.04 Å². The Balaban J connectivity index is 1.44. The van der Waals surface area contributed by atoms with E-state index in [1.807, 2.05) is 12.4 Å². The Labute approximate surface area is 174 Å². The summed E-state index contributed by atoms with van der Waals surface area (Å²) in [5, 5.41) is 0.822. The van der Waals surface area contributed by atoms with Gasteiger partial charge in [-0.1, -0.05) is 18.2 Å². The summed E-state index contributed by atoms with van der Waals surface area (Å²) in [6, 6.07) is 0.699. The Bertz CT molecular complexity index is 611. The Morgan fingerprint density at radius 1 is 1.18 bits per heavy atom. The van der Waals surface area contributed by atoms with Gasteiger partial charge < -0.3 is 15.0 Å². The van der Waals surface area contributed by atoms with Crippen molar-refractivity contribution < 1.29 is 9.31 Å². The number of nitrogens with two attached hydrogens (primary N) is 1. The van der Waals surface area contributed by atoms with Gasteiger partial charge in [0.2, 0.25) is 0 Å². The Hall–Kier alpha value is -0.665. The number of aromatic nitrogens is 2. The molecule has 6 nitrogen and oxygen atoms in total. The van der Waals surface area contributed by atoms with Crippen LogP contribution in [0.4, 0.5) is 0 Å². The van der Waals surface area contributed by atoms with Gasteiger partial charge in [-0.2, -0.15) is 0 Å². The second-order valence-electron chi connectivity index (χ2n) is 8.85. The largest absolute Gasteiger partial charge is 0.498 e. The van der Waals surface area contributed by atoms with Crippen LogP contribution < -0.4 is 11.2 Å². The number of hydrogen-bond acceptors (Lipinski definition) is 7. The fraction of sp³-hybridized carbons (Fsp3) is 0.800. The summed E-state index contributed by atoms with van der Waals surface area (Å²) in [5.74, 6) is 1.04. The molecule has 2 saturated heterocycles. The fourth-order valence-electron chi connectivity index (χ4n) is 3.83. The van der Waals surface area contributed by atoms with Gasteiger partial charge in [-0.3, -0.25) is 4.90 Å². The lowest BCUT2D eigenvalue weighted by Crippen LogP contribution is -2.42. The quantitative estimate of drug-likeness (QED) is 0.308. The number of nitrogens with zero attached hydrogens (tertiary/aromatic N) is 3. The molecular weight excluding hydrogens is 371 g/mol. The molecule has 2 aliphatic heterocycles. The van der Waals surface area contributed by atoms with E-state index in [4.69, 9.17) is 15.0 Å². The number of likely N-dealkylation sites (tertiary alicyclic amines) is 1. The minimum Gasteiger partial charge on any atom is -0.399 e. The van der Waals surface area contributed by atoms with E-state index in [1.165, 1.54) is 38.6 Å². The summed E-state index contributed by atoms with van der Waals surface area (Å²) < 4.78 is 12.1. The normalized spacial score (nSPS) is 24.6. The van der Waals surface area contributed by atoms with Crippen molar-refractivity contribution in [1.82, 2.24) is 14.9 Å². The monoisotopic (exact) mass is 406 g/mol. The van der Waals surface area contributed by atoms with Crippen molar-refractivity contribution in [2.45, 2.75) is 82.2 Å². The van der Waals surface area contributed by atoms with Gasteiger partial charge in [0.25, 0.3) is 0 Å². The second-order valence-corrected chi connectivity index (χ2v) is 9.91. The lowest BCUT2D eigenvalue weighted by atomic mass is 9.81. The first kappa shape index (κ1) is 22.0. The Kier molecular flexibility index (Phi) is 7.42. The summed E-state index contributed by atoms with van der Waals surface area (Å²) in [7, 11) is -0.399. The van der Waals surface area contributed by atoms with Crippen LogP contribution in [0.5, 0.6) is 0 Å². The first-order valence-corrected chi connectivity index (χ1v) is 11.6. The molecule has 0 spiro atoms. The highest BCUT2D eigenvalue weighted by molar-refractivity contribution is 7.99. The van der Waals surface area contributed by atoms with Crippen LogP contribution in [-0.4, -0.2) is 64.6 Å². The lowest BCUT2D eigenvalue weighted by Gasteiger charge is -2.35. The molecule has 8 heteroatoms. The van der Waals surface area contributed by atoms with Crippen LogP contribution in [0.2, 0.25) is 0 Å². The molecule has 0 aliphatic carbocycles. The molecule has 28 heavy (non-hydrogen) atoms. The zero-order chi connectivity index (χ0) is 20.2. The summed E-state index contributed by atoms with van der Waals surface area (Å²) in [5.41, 5.74) is 5.95. The van der Waals surface area contributed by atoms with E-state index in [1.54, 1.807) is 11.8 Å².